The minimum atomic E-state index is 0.0788. The molecule has 0 spiro atoms. The molecule has 1 aliphatic rings. The lowest BCUT2D eigenvalue weighted by Crippen LogP contribution is -2.35. The van der Waals surface area contributed by atoms with Crippen molar-refractivity contribution in [2.45, 2.75) is 25.7 Å². The zero-order valence-electron chi connectivity index (χ0n) is 12.4. The maximum atomic E-state index is 12.2. The van der Waals surface area contributed by atoms with Crippen molar-refractivity contribution in [3.63, 3.8) is 0 Å². The van der Waals surface area contributed by atoms with Gasteiger partial charge in [-0.25, -0.2) is 0 Å². The van der Waals surface area contributed by atoms with Crippen molar-refractivity contribution in [3.05, 3.63) is 29.8 Å². The Morgan fingerprint density at radius 1 is 1.14 bits per heavy atom. The molecule has 1 fully saturated rings. The van der Waals surface area contributed by atoms with E-state index >= 15 is 0 Å². The van der Waals surface area contributed by atoms with Crippen molar-refractivity contribution in [1.29, 1.82) is 0 Å². The molecule has 1 saturated heterocycles. The maximum Gasteiger partial charge on any atom is 0.260 e. The highest BCUT2D eigenvalue weighted by atomic mass is 32.1. The summed E-state index contributed by atoms with van der Waals surface area (Å²) in [6, 6.07) is 7.61. The van der Waals surface area contributed by atoms with Gasteiger partial charge in [0.15, 0.2) is 6.61 Å². The predicted molar refractivity (Wildman–Crippen MR) is 85.9 cm³/mol. The lowest BCUT2D eigenvalue weighted by atomic mass is 10.2. The van der Waals surface area contributed by atoms with Gasteiger partial charge in [0.05, 0.1) is 0 Å². The Morgan fingerprint density at radius 2 is 1.86 bits per heavy atom. The third kappa shape index (κ3) is 3.82. The van der Waals surface area contributed by atoms with Gasteiger partial charge < -0.3 is 9.64 Å². The van der Waals surface area contributed by atoms with Gasteiger partial charge in [-0.2, -0.15) is 0 Å². The zero-order chi connectivity index (χ0) is 15.2. The van der Waals surface area contributed by atoms with Gasteiger partial charge in [-0.3, -0.25) is 4.79 Å². The van der Waals surface area contributed by atoms with Crippen molar-refractivity contribution < 1.29 is 9.53 Å². The first kappa shape index (κ1) is 15.0. The molecule has 0 N–H and O–H groups in total. The van der Waals surface area contributed by atoms with Gasteiger partial charge in [-0.05, 0) is 37.1 Å². The topological polar surface area (TPSA) is 55.3 Å². The monoisotopic (exact) mass is 317 g/mol. The summed E-state index contributed by atoms with van der Waals surface area (Å²) < 4.78 is 5.61. The average molecular weight is 317 g/mol. The summed E-state index contributed by atoms with van der Waals surface area (Å²) in [6.07, 6.45) is 4.64. The number of nitrogens with zero attached hydrogens (tertiary/aromatic N) is 3. The van der Waals surface area contributed by atoms with Crippen LogP contribution in [0.1, 0.15) is 25.7 Å². The first-order valence-electron chi connectivity index (χ1n) is 7.60. The van der Waals surface area contributed by atoms with E-state index in [1.165, 1.54) is 24.2 Å². The second-order valence-corrected chi connectivity index (χ2v) is 6.19. The van der Waals surface area contributed by atoms with Crippen LogP contribution in [0, 0.1) is 0 Å². The lowest BCUT2D eigenvalue weighted by molar-refractivity contribution is -0.133. The maximum absolute atomic E-state index is 12.2. The van der Waals surface area contributed by atoms with Crippen LogP contribution in [0.3, 0.4) is 0 Å². The molecule has 1 aromatic heterocycles. The molecule has 0 aliphatic carbocycles. The van der Waals surface area contributed by atoms with Crippen molar-refractivity contribution >= 4 is 17.2 Å². The number of rotatable bonds is 4. The second-order valence-electron chi connectivity index (χ2n) is 5.35. The van der Waals surface area contributed by atoms with Gasteiger partial charge in [-0.1, -0.05) is 24.2 Å². The second kappa shape index (κ2) is 7.35. The molecule has 2 heterocycles. The van der Waals surface area contributed by atoms with Crippen molar-refractivity contribution in [2.75, 3.05) is 19.7 Å². The molecule has 0 atom stereocenters. The van der Waals surface area contributed by atoms with E-state index in [2.05, 4.69) is 10.2 Å². The van der Waals surface area contributed by atoms with Gasteiger partial charge >= 0.3 is 0 Å². The van der Waals surface area contributed by atoms with Crippen LogP contribution in [-0.2, 0) is 4.79 Å². The average Bonchev–Trinajstić information content (AvgIpc) is 2.95. The molecule has 0 saturated carbocycles. The highest BCUT2D eigenvalue weighted by Gasteiger charge is 2.15. The third-order valence-electron chi connectivity index (χ3n) is 3.78. The van der Waals surface area contributed by atoms with Crippen molar-refractivity contribution in [1.82, 2.24) is 15.1 Å². The summed E-state index contributed by atoms with van der Waals surface area (Å²) >= 11 is 1.50. The van der Waals surface area contributed by atoms with Crippen LogP contribution in [0.5, 0.6) is 5.75 Å². The molecule has 6 heteroatoms. The fourth-order valence-corrected chi connectivity index (χ4v) is 3.11. The molecule has 1 amide bonds. The first-order valence-corrected chi connectivity index (χ1v) is 8.48. The Labute approximate surface area is 133 Å². The SMILES string of the molecule is O=C(COc1ccc(-c2nncs2)cc1)N1CCCCCC1. The Morgan fingerprint density at radius 3 is 2.50 bits per heavy atom. The van der Waals surface area contributed by atoms with E-state index in [-0.39, 0.29) is 12.5 Å². The Bertz CT molecular complexity index is 590. The van der Waals surface area contributed by atoms with E-state index in [0.717, 1.165) is 36.5 Å². The summed E-state index contributed by atoms with van der Waals surface area (Å²) in [6.45, 7) is 1.83. The van der Waals surface area contributed by atoms with Crippen LogP contribution in [0.4, 0.5) is 0 Å². The number of carbonyl (C=O) groups excluding carboxylic acids is 1. The molecule has 5 nitrogen and oxygen atoms in total. The highest BCUT2D eigenvalue weighted by molar-refractivity contribution is 7.12. The Kier molecular flexibility index (Phi) is 5.00. The molecule has 116 valence electrons. The van der Waals surface area contributed by atoms with Crippen LogP contribution in [-0.4, -0.2) is 40.7 Å². The van der Waals surface area contributed by atoms with Gasteiger partial charge in [0.25, 0.3) is 5.91 Å². The molecular weight excluding hydrogens is 298 g/mol. The molecule has 1 aromatic carbocycles. The molecule has 3 rings (SSSR count). The molecule has 1 aliphatic heterocycles. The van der Waals surface area contributed by atoms with Gasteiger partial charge in [-0.15, -0.1) is 10.2 Å². The Balaban J connectivity index is 1.53. The summed E-state index contributed by atoms with van der Waals surface area (Å²) in [5.74, 6) is 0.784. The molecular formula is C16H19N3O2S. The summed E-state index contributed by atoms with van der Waals surface area (Å²) in [5, 5.41) is 8.74. The first-order chi connectivity index (χ1) is 10.8. The fraction of sp³-hybridized carbons (Fsp3) is 0.438. The number of likely N-dealkylation sites (tertiary alicyclic amines) is 1. The predicted octanol–water partition coefficient (Wildman–Crippen LogP) is 2.99. The van der Waals surface area contributed by atoms with E-state index in [9.17, 15) is 4.79 Å². The van der Waals surface area contributed by atoms with Crippen LogP contribution in [0.15, 0.2) is 29.8 Å². The lowest BCUT2D eigenvalue weighted by Gasteiger charge is -2.20. The fourth-order valence-electron chi connectivity index (χ4n) is 2.55. The van der Waals surface area contributed by atoms with Crippen LogP contribution in [0.2, 0.25) is 0 Å². The molecule has 2 aromatic rings. The number of benzene rings is 1. The van der Waals surface area contributed by atoms with Crippen LogP contribution >= 0.6 is 11.3 Å². The molecule has 22 heavy (non-hydrogen) atoms. The summed E-state index contributed by atoms with van der Waals surface area (Å²) in [7, 11) is 0. The number of carbonyl (C=O) groups is 1. The normalized spacial score (nSPS) is 15.4. The number of amides is 1. The van der Waals surface area contributed by atoms with Gasteiger partial charge in [0.1, 0.15) is 16.3 Å². The number of ether oxygens (including phenoxy) is 1. The zero-order valence-corrected chi connectivity index (χ0v) is 13.2. The number of aromatic nitrogens is 2. The molecule has 0 radical (unpaired) electrons. The minimum absolute atomic E-state index is 0.0788. The van der Waals surface area contributed by atoms with E-state index in [4.69, 9.17) is 4.74 Å². The van der Waals surface area contributed by atoms with Crippen molar-refractivity contribution in [3.8, 4) is 16.3 Å². The number of hydrogen-bond acceptors (Lipinski definition) is 5. The minimum Gasteiger partial charge on any atom is -0.484 e. The highest BCUT2D eigenvalue weighted by Crippen LogP contribution is 2.23. The number of hydrogen-bond donors (Lipinski definition) is 0. The van der Waals surface area contributed by atoms with Crippen LogP contribution in [0.25, 0.3) is 10.6 Å². The largest absolute Gasteiger partial charge is 0.484 e. The van der Waals surface area contributed by atoms with Crippen molar-refractivity contribution in [2.24, 2.45) is 0 Å². The molecule has 0 unspecified atom stereocenters. The van der Waals surface area contributed by atoms with E-state index < -0.39 is 0 Å². The van der Waals surface area contributed by atoms with Crippen LogP contribution < -0.4 is 4.74 Å². The van der Waals surface area contributed by atoms with Gasteiger partial charge in [0.2, 0.25) is 0 Å². The van der Waals surface area contributed by atoms with E-state index in [0.29, 0.717) is 5.75 Å². The third-order valence-corrected chi connectivity index (χ3v) is 4.52. The van der Waals surface area contributed by atoms with E-state index in [1.54, 1.807) is 5.51 Å². The van der Waals surface area contributed by atoms with E-state index in [1.807, 2.05) is 29.2 Å². The quantitative estimate of drug-likeness (QED) is 0.870. The summed E-state index contributed by atoms with van der Waals surface area (Å²) in [5.41, 5.74) is 2.72. The molecule has 0 bridgehead atoms. The summed E-state index contributed by atoms with van der Waals surface area (Å²) in [4.78, 5) is 14.1. The smallest absolute Gasteiger partial charge is 0.260 e. The van der Waals surface area contributed by atoms with Gasteiger partial charge in [0, 0.05) is 18.7 Å². The Hall–Kier alpha value is -1.95. The standard InChI is InChI=1S/C16H19N3O2S/c20-15(19-9-3-1-2-4-10-19)11-21-14-7-5-13(6-8-14)16-18-17-12-22-16/h5-8,12H,1-4,9-11H2.